The fraction of sp³-hybridized carbons (Fsp3) is 0.389. The second-order valence-electron chi connectivity index (χ2n) is 6.72. The Balaban J connectivity index is 2.67. The lowest BCUT2D eigenvalue weighted by Crippen LogP contribution is -2.23. The van der Waals surface area contributed by atoms with E-state index in [1.165, 1.54) is 38.1 Å². The molecule has 25 heavy (non-hydrogen) atoms. The molecule has 0 aliphatic carbocycles. The fourth-order valence-electron chi connectivity index (χ4n) is 2.44. The smallest absolute Gasteiger partial charge is 0.155 e. The summed E-state index contributed by atoms with van der Waals surface area (Å²) in [5, 5.41) is 20.7. The molecule has 2 N–H and O–H groups in total. The molecule has 2 aromatic rings. The van der Waals surface area contributed by atoms with E-state index in [-0.39, 0.29) is 17.0 Å². The number of nitrogens with zero attached hydrogens (tertiary/aromatic N) is 2. The van der Waals surface area contributed by atoms with E-state index in [2.05, 4.69) is 4.98 Å². The van der Waals surface area contributed by atoms with E-state index in [1.807, 2.05) is 22.6 Å². The monoisotopic (exact) mass is 462 g/mol. The first-order chi connectivity index (χ1) is 11.5. The Morgan fingerprint density at radius 3 is 2.40 bits per heavy atom. The Kier molecular flexibility index (Phi) is 6.13. The predicted octanol–water partition coefficient (Wildman–Crippen LogP) is 3.45. The minimum Gasteiger partial charge on any atom is -0.386 e. The van der Waals surface area contributed by atoms with Crippen molar-refractivity contribution in [3.05, 3.63) is 50.7 Å². The summed E-state index contributed by atoms with van der Waals surface area (Å²) in [6.45, 7) is 3.22. The van der Waals surface area contributed by atoms with Gasteiger partial charge in [-0.2, -0.15) is 0 Å². The van der Waals surface area contributed by atoms with E-state index in [9.17, 15) is 19.0 Å². The molecule has 0 saturated heterocycles. The van der Waals surface area contributed by atoms with E-state index >= 15 is 0 Å². The quantitative estimate of drug-likeness (QED) is 0.669. The maximum atomic E-state index is 15.0. The average Bonchev–Trinajstić information content (AvgIpc) is 2.48. The Morgan fingerprint density at radius 1 is 1.24 bits per heavy atom. The molecule has 0 amide bonds. The third-order valence-corrected chi connectivity index (χ3v) is 4.54. The van der Waals surface area contributed by atoms with Crippen LogP contribution in [0.1, 0.15) is 31.2 Å². The zero-order valence-corrected chi connectivity index (χ0v) is 16.7. The highest BCUT2D eigenvalue weighted by molar-refractivity contribution is 14.1. The van der Waals surface area contributed by atoms with Gasteiger partial charge in [-0.25, -0.2) is 13.8 Å². The number of likely N-dealkylation sites (N-methyl/N-ethyl adjacent to an activating group) is 1. The Labute approximate surface area is 159 Å². The second kappa shape index (κ2) is 7.61. The van der Waals surface area contributed by atoms with Gasteiger partial charge < -0.3 is 15.1 Å². The molecular formula is C18H21F2IN2O2. The van der Waals surface area contributed by atoms with Crippen LogP contribution in [0.2, 0.25) is 0 Å². The predicted molar refractivity (Wildman–Crippen MR) is 101 cm³/mol. The van der Waals surface area contributed by atoms with Crippen molar-refractivity contribution in [3.8, 4) is 11.3 Å². The van der Waals surface area contributed by atoms with Crippen molar-refractivity contribution in [2.45, 2.75) is 25.6 Å². The molecule has 0 spiro atoms. The number of rotatable bonds is 5. The van der Waals surface area contributed by atoms with Crippen molar-refractivity contribution >= 4 is 22.6 Å². The van der Waals surface area contributed by atoms with Gasteiger partial charge in [-0.15, -0.1) is 0 Å². The van der Waals surface area contributed by atoms with Crippen LogP contribution in [0, 0.1) is 15.2 Å². The molecule has 4 nitrogen and oxygen atoms in total. The molecule has 1 heterocycles. The summed E-state index contributed by atoms with van der Waals surface area (Å²) in [5.41, 5.74) is -0.814. The van der Waals surface area contributed by atoms with E-state index in [1.54, 1.807) is 19.0 Å². The summed E-state index contributed by atoms with van der Waals surface area (Å²) >= 11 is 1.82. The van der Waals surface area contributed by atoms with Crippen LogP contribution in [0.3, 0.4) is 0 Å². The van der Waals surface area contributed by atoms with Crippen LogP contribution in [-0.2, 0) is 5.60 Å². The Morgan fingerprint density at radius 2 is 1.88 bits per heavy atom. The van der Waals surface area contributed by atoms with Crippen LogP contribution >= 0.6 is 22.6 Å². The summed E-state index contributed by atoms with van der Waals surface area (Å²) in [4.78, 5) is 6.03. The van der Waals surface area contributed by atoms with Gasteiger partial charge in [0.25, 0.3) is 0 Å². The number of hydrogen-bond acceptors (Lipinski definition) is 4. The van der Waals surface area contributed by atoms with Crippen LogP contribution in [0.25, 0.3) is 11.3 Å². The lowest BCUT2D eigenvalue weighted by molar-refractivity contribution is 0.0736. The lowest BCUT2D eigenvalue weighted by atomic mass is 9.94. The van der Waals surface area contributed by atoms with Gasteiger partial charge in [-0.3, -0.25) is 0 Å². The summed E-state index contributed by atoms with van der Waals surface area (Å²) in [7, 11) is 3.60. The van der Waals surface area contributed by atoms with Gasteiger partial charge in [0.1, 0.15) is 17.6 Å². The van der Waals surface area contributed by atoms with Crippen LogP contribution in [0.15, 0.2) is 24.3 Å². The minimum atomic E-state index is -1.46. The third kappa shape index (κ3) is 4.72. The maximum absolute atomic E-state index is 15.0. The first-order valence-corrected chi connectivity index (χ1v) is 8.80. The summed E-state index contributed by atoms with van der Waals surface area (Å²) in [6, 6.07) is 5.53. The topological polar surface area (TPSA) is 56.6 Å². The number of halogens is 3. The Bertz CT molecular complexity index is 776. The lowest BCUT2D eigenvalue weighted by Gasteiger charge is -2.23. The zero-order chi connectivity index (χ0) is 18.9. The number of aliphatic hydroxyl groups excluding tert-OH is 1. The van der Waals surface area contributed by atoms with E-state index in [0.29, 0.717) is 15.7 Å². The van der Waals surface area contributed by atoms with Crippen molar-refractivity contribution in [1.82, 2.24) is 9.88 Å². The first kappa shape index (κ1) is 20.2. The van der Waals surface area contributed by atoms with Gasteiger partial charge in [0.15, 0.2) is 5.82 Å². The highest BCUT2D eigenvalue weighted by Gasteiger charge is 2.27. The molecule has 0 unspecified atom stereocenters. The standard InChI is InChI=1S/C18H21F2IN2O2/c1-18(2,25)11-8-14(15(24)9-23(3)4)22-17(16(11)20)10-5-6-12(19)13(21)7-10/h5-8,15,24-25H,9H2,1-4H3/t15-/m1/s1. The zero-order valence-electron chi connectivity index (χ0n) is 14.5. The minimum absolute atomic E-state index is 0.0228. The highest BCUT2D eigenvalue weighted by Crippen LogP contribution is 2.32. The van der Waals surface area contributed by atoms with E-state index < -0.39 is 23.3 Å². The van der Waals surface area contributed by atoms with E-state index in [4.69, 9.17) is 0 Å². The number of pyridine rings is 1. The molecule has 0 aliphatic rings. The molecule has 0 saturated carbocycles. The fourth-order valence-corrected chi connectivity index (χ4v) is 2.95. The second-order valence-corrected chi connectivity index (χ2v) is 7.89. The number of aliphatic hydroxyl groups is 2. The highest BCUT2D eigenvalue weighted by atomic mass is 127. The molecule has 2 rings (SSSR count). The van der Waals surface area contributed by atoms with Crippen molar-refractivity contribution in [1.29, 1.82) is 0 Å². The van der Waals surface area contributed by atoms with Gasteiger partial charge >= 0.3 is 0 Å². The van der Waals surface area contributed by atoms with E-state index in [0.717, 1.165) is 0 Å². The summed E-state index contributed by atoms with van der Waals surface area (Å²) in [6.07, 6.45) is -0.949. The third-order valence-electron chi connectivity index (χ3n) is 3.71. The summed E-state index contributed by atoms with van der Waals surface area (Å²) in [5.74, 6) is -1.09. The van der Waals surface area contributed by atoms with Gasteiger partial charge in [-0.05, 0) is 74.8 Å². The van der Waals surface area contributed by atoms with Gasteiger partial charge in [0.2, 0.25) is 0 Å². The van der Waals surface area contributed by atoms with Crippen LogP contribution in [0.4, 0.5) is 8.78 Å². The van der Waals surface area contributed by atoms with Gasteiger partial charge in [0.05, 0.1) is 11.3 Å². The molecule has 1 aromatic carbocycles. The molecule has 7 heteroatoms. The van der Waals surface area contributed by atoms with Crippen molar-refractivity contribution in [2.24, 2.45) is 0 Å². The largest absolute Gasteiger partial charge is 0.386 e. The van der Waals surface area contributed by atoms with Crippen molar-refractivity contribution in [2.75, 3.05) is 20.6 Å². The van der Waals surface area contributed by atoms with Crippen molar-refractivity contribution < 1.29 is 19.0 Å². The molecule has 1 aromatic heterocycles. The van der Waals surface area contributed by atoms with Crippen LogP contribution in [-0.4, -0.2) is 40.7 Å². The molecule has 1 atom stereocenters. The molecular weight excluding hydrogens is 441 g/mol. The average molecular weight is 462 g/mol. The molecule has 136 valence electrons. The molecule has 0 aliphatic heterocycles. The number of aromatic nitrogens is 1. The van der Waals surface area contributed by atoms with Crippen molar-refractivity contribution in [3.63, 3.8) is 0 Å². The molecule has 0 fully saturated rings. The summed E-state index contributed by atoms with van der Waals surface area (Å²) < 4.78 is 28.8. The van der Waals surface area contributed by atoms with Crippen LogP contribution in [0.5, 0.6) is 0 Å². The Hall–Kier alpha value is -1.16. The van der Waals surface area contributed by atoms with Crippen LogP contribution < -0.4 is 0 Å². The number of benzene rings is 1. The normalized spacial score (nSPS) is 13.4. The first-order valence-electron chi connectivity index (χ1n) is 7.72. The van der Waals surface area contributed by atoms with Gasteiger partial charge in [0, 0.05) is 21.2 Å². The van der Waals surface area contributed by atoms with Gasteiger partial charge in [-0.1, -0.05) is 0 Å². The maximum Gasteiger partial charge on any atom is 0.155 e. The SMILES string of the molecule is CN(C)C[C@@H](O)c1cc(C(C)(C)O)c(F)c(-c2ccc(F)c(I)c2)n1. The number of hydrogen-bond donors (Lipinski definition) is 2. The molecule has 0 radical (unpaired) electrons. The molecule has 0 bridgehead atoms.